The third-order valence-corrected chi connectivity index (χ3v) is 3.61. The number of aryl methyl sites for hydroxylation is 1. The van der Waals surface area contributed by atoms with Crippen molar-refractivity contribution in [3.8, 4) is 0 Å². The minimum absolute atomic E-state index is 0.646. The first-order valence-corrected chi connectivity index (χ1v) is 7.23. The highest BCUT2D eigenvalue weighted by Gasteiger charge is 2.09. The zero-order chi connectivity index (χ0) is 14.5. The van der Waals surface area contributed by atoms with Crippen LogP contribution in [0.25, 0.3) is 0 Å². The van der Waals surface area contributed by atoms with Gasteiger partial charge in [-0.05, 0) is 43.1 Å². The van der Waals surface area contributed by atoms with Crippen molar-refractivity contribution < 1.29 is 0 Å². The van der Waals surface area contributed by atoms with Gasteiger partial charge in [0.15, 0.2) is 0 Å². The molecule has 0 aliphatic heterocycles. The molecule has 2 aromatic carbocycles. The van der Waals surface area contributed by atoms with Crippen LogP contribution in [0.3, 0.4) is 0 Å². The Balaban J connectivity index is 2.23. The molecule has 0 amide bonds. The zero-order valence-electron chi connectivity index (χ0n) is 12.1. The fourth-order valence-corrected chi connectivity index (χ4v) is 2.60. The van der Waals surface area contributed by atoms with Crippen LogP contribution in [-0.2, 0) is 13.0 Å². The molecule has 2 N–H and O–H groups in total. The number of benzene rings is 2. The normalized spacial score (nSPS) is 10.6. The molecule has 2 rings (SSSR count). The summed E-state index contributed by atoms with van der Waals surface area (Å²) in [4.78, 5) is 2.23. The molecular formula is C17H21ClN2. The molecule has 0 unspecified atom stereocenters. The van der Waals surface area contributed by atoms with E-state index in [4.69, 9.17) is 17.3 Å². The van der Waals surface area contributed by atoms with E-state index >= 15 is 0 Å². The van der Waals surface area contributed by atoms with Gasteiger partial charge in [-0.25, -0.2) is 0 Å². The first-order valence-electron chi connectivity index (χ1n) is 6.85. The summed E-state index contributed by atoms with van der Waals surface area (Å²) in [6.45, 7) is 3.62. The topological polar surface area (TPSA) is 29.3 Å². The van der Waals surface area contributed by atoms with E-state index in [1.54, 1.807) is 0 Å². The third kappa shape index (κ3) is 3.75. The Morgan fingerprint density at radius 2 is 1.95 bits per heavy atom. The van der Waals surface area contributed by atoms with Crippen LogP contribution in [0.1, 0.15) is 16.7 Å². The largest absolute Gasteiger partial charge is 0.370 e. The lowest BCUT2D eigenvalue weighted by Crippen LogP contribution is -2.19. The zero-order valence-corrected chi connectivity index (χ0v) is 12.8. The maximum atomic E-state index is 6.13. The molecule has 0 aliphatic carbocycles. The van der Waals surface area contributed by atoms with Gasteiger partial charge in [-0.15, -0.1) is 0 Å². The molecule has 0 heterocycles. The molecule has 0 aliphatic rings. The number of anilines is 1. The molecule has 0 radical (unpaired) electrons. The second-order valence-electron chi connectivity index (χ2n) is 5.16. The number of halogens is 1. The molecule has 0 saturated carbocycles. The first kappa shape index (κ1) is 14.9. The Bertz CT molecular complexity index is 581. The van der Waals surface area contributed by atoms with E-state index in [0.29, 0.717) is 6.54 Å². The average molecular weight is 289 g/mol. The van der Waals surface area contributed by atoms with Crippen LogP contribution in [0.5, 0.6) is 0 Å². The van der Waals surface area contributed by atoms with Crippen LogP contribution < -0.4 is 10.6 Å². The Kier molecular flexibility index (Phi) is 5.05. The molecule has 0 atom stereocenters. The molecule has 106 valence electrons. The Labute approximate surface area is 126 Å². The van der Waals surface area contributed by atoms with E-state index in [1.165, 1.54) is 16.7 Å². The van der Waals surface area contributed by atoms with Gasteiger partial charge in [0.05, 0.1) is 0 Å². The molecule has 2 aromatic rings. The van der Waals surface area contributed by atoms with Crippen molar-refractivity contribution in [3.63, 3.8) is 0 Å². The van der Waals surface area contributed by atoms with Crippen molar-refractivity contribution >= 4 is 17.3 Å². The van der Waals surface area contributed by atoms with Crippen LogP contribution in [0.4, 0.5) is 5.69 Å². The second-order valence-corrected chi connectivity index (χ2v) is 5.59. The van der Waals surface area contributed by atoms with E-state index < -0.39 is 0 Å². The third-order valence-electron chi connectivity index (χ3n) is 3.37. The molecule has 2 nitrogen and oxygen atoms in total. The number of nitrogens with zero attached hydrogens (tertiary/aromatic N) is 1. The van der Waals surface area contributed by atoms with E-state index in [2.05, 4.69) is 49.2 Å². The smallest absolute Gasteiger partial charge is 0.0426 e. The lowest BCUT2D eigenvalue weighted by atomic mass is 10.1. The molecule has 3 heteroatoms. The van der Waals surface area contributed by atoms with Crippen LogP contribution in [0.15, 0.2) is 42.5 Å². The van der Waals surface area contributed by atoms with E-state index in [9.17, 15) is 0 Å². The van der Waals surface area contributed by atoms with Crippen LogP contribution in [0, 0.1) is 6.92 Å². The van der Waals surface area contributed by atoms with Gasteiger partial charge >= 0.3 is 0 Å². The maximum absolute atomic E-state index is 6.13. The van der Waals surface area contributed by atoms with Crippen molar-refractivity contribution in [2.75, 3.05) is 18.5 Å². The summed E-state index contributed by atoms with van der Waals surface area (Å²) >= 11 is 6.13. The number of hydrogen-bond acceptors (Lipinski definition) is 2. The highest BCUT2D eigenvalue weighted by Crippen LogP contribution is 2.25. The highest BCUT2D eigenvalue weighted by atomic mass is 35.5. The van der Waals surface area contributed by atoms with Gasteiger partial charge in [-0.1, -0.05) is 47.5 Å². The van der Waals surface area contributed by atoms with Gasteiger partial charge in [0.25, 0.3) is 0 Å². The Morgan fingerprint density at radius 3 is 2.65 bits per heavy atom. The summed E-state index contributed by atoms with van der Waals surface area (Å²) in [5.74, 6) is 0. The summed E-state index contributed by atoms with van der Waals surface area (Å²) in [5, 5.41) is 0.761. The van der Waals surface area contributed by atoms with Gasteiger partial charge in [0, 0.05) is 24.3 Å². The second kappa shape index (κ2) is 6.78. The quantitative estimate of drug-likeness (QED) is 0.907. The Morgan fingerprint density at radius 1 is 1.15 bits per heavy atom. The van der Waals surface area contributed by atoms with Crippen molar-refractivity contribution in [2.45, 2.75) is 19.9 Å². The summed E-state index contributed by atoms with van der Waals surface area (Å²) in [5.41, 5.74) is 10.7. The average Bonchev–Trinajstić information content (AvgIpc) is 2.41. The van der Waals surface area contributed by atoms with Gasteiger partial charge in [0.1, 0.15) is 0 Å². The standard InChI is InChI=1S/C17H21ClN2/c1-13-4-3-5-14(10-13)12-20(2)17-11-16(18)7-6-15(17)8-9-19/h3-7,10-11H,8-9,12,19H2,1-2H3. The monoisotopic (exact) mass is 288 g/mol. The van der Waals surface area contributed by atoms with Crippen molar-refractivity contribution in [1.82, 2.24) is 0 Å². The number of nitrogens with two attached hydrogens (primary N) is 1. The van der Waals surface area contributed by atoms with Crippen LogP contribution in [-0.4, -0.2) is 13.6 Å². The fourth-order valence-electron chi connectivity index (χ4n) is 2.43. The first-order chi connectivity index (χ1) is 9.60. The molecule has 0 saturated heterocycles. The predicted octanol–water partition coefficient (Wildman–Crippen LogP) is 3.79. The molecule has 0 bridgehead atoms. The summed E-state index contributed by atoms with van der Waals surface area (Å²) in [6, 6.07) is 14.6. The molecular weight excluding hydrogens is 268 g/mol. The van der Waals surface area contributed by atoms with E-state index in [-0.39, 0.29) is 0 Å². The van der Waals surface area contributed by atoms with Crippen molar-refractivity contribution in [2.24, 2.45) is 5.73 Å². The number of rotatable bonds is 5. The Hall–Kier alpha value is -1.51. The summed E-state index contributed by atoms with van der Waals surface area (Å²) in [7, 11) is 2.09. The van der Waals surface area contributed by atoms with Gasteiger partial charge in [-0.3, -0.25) is 0 Å². The van der Waals surface area contributed by atoms with Crippen molar-refractivity contribution in [3.05, 3.63) is 64.2 Å². The summed E-state index contributed by atoms with van der Waals surface area (Å²) < 4.78 is 0. The van der Waals surface area contributed by atoms with Gasteiger partial charge < -0.3 is 10.6 Å². The van der Waals surface area contributed by atoms with E-state index in [0.717, 1.165) is 23.7 Å². The number of hydrogen-bond donors (Lipinski definition) is 1. The fraction of sp³-hybridized carbons (Fsp3) is 0.294. The molecule has 0 fully saturated rings. The molecule has 20 heavy (non-hydrogen) atoms. The molecule has 0 spiro atoms. The van der Waals surface area contributed by atoms with Gasteiger partial charge in [0.2, 0.25) is 0 Å². The lowest BCUT2D eigenvalue weighted by Gasteiger charge is -2.23. The van der Waals surface area contributed by atoms with Crippen molar-refractivity contribution in [1.29, 1.82) is 0 Å². The van der Waals surface area contributed by atoms with Gasteiger partial charge in [-0.2, -0.15) is 0 Å². The SMILES string of the molecule is Cc1cccc(CN(C)c2cc(Cl)ccc2CCN)c1. The maximum Gasteiger partial charge on any atom is 0.0426 e. The highest BCUT2D eigenvalue weighted by molar-refractivity contribution is 6.30. The lowest BCUT2D eigenvalue weighted by molar-refractivity contribution is 0.892. The molecule has 0 aromatic heterocycles. The van der Waals surface area contributed by atoms with Crippen LogP contribution in [0.2, 0.25) is 5.02 Å². The summed E-state index contributed by atoms with van der Waals surface area (Å²) in [6.07, 6.45) is 0.866. The van der Waals surface area contributed by atoms with E-state index in [1.807, 2.05) is 12.1 Å². The van der Waals surface area contributed by atoms with Crippen LogP contribution >= 0.6 is 11.6 Å². The minimum atomic E-state index is 0.646. The minimum Gasteiger partial charge on any atom is -0.370 e. The predicted molar refractivity (Wildman–Crippen MR) is 87.5 cm³/mol.